The van der Waals surface area contributed by atoms with Gasteiger partial charge in [0.2, 0.25) is 0 Å². The summed E-state index contributed by atoms with van der Waals surface area (Å²) in [6.45, 7) is 1.72. The lowest BCUT2D eigenvalue weighted by Gasteiger charge is -2.28. The fraction of sp³-hybridized carbons (Fsp3) is 0.385. The first-order chi connectivity index (χ1) is 9.58. The Hall–Kier alpha value is -2.02. The molecule has 0 unspecified atom stereocenters. The van der Waals surface area contributed by atoms with Crippen molar-refractivity contribution in [2.45, 2.75) is 19.3 Å². The van der Waals surface area contributed by atoms with E-state index in [0.717, 1.165) is 25.9 Å². The second kappa shape index (κ2) is 6.42. The molecule has 7 heteroatoms. The van der Waals surface area contributed by atoms with Crippen LogP contribution in [0.5, 0.6) is 0 Å². The minimum absolute atomic E-state index is 0.0415. The maximum atomic E-state index is 12.0. The molecule has 1 aromatic rings. The van der Waals surface area contributed by atoms with Crippen molar-refractivity contribution < 1.29 is 9.72 Å². The number of thiocarbonyl (C=S) groups is 1. The van der Waals surface area contributed by atoms with Gasteiger partial charge < -0.3 is 4.90 Å². The van der Waals surface area contributed by atoms with E-state index in [0.29, 0.717) is 10.7 Å². The molecule has 0 aromatic heterocycles. The third-order valence-electron chi connectivity index (χ3n) is 3.20. The molecule has 1 aliphatic rings. The summed E-state index contributed by atoms with van der Waals surface area (Å²) in [4.78, 5) is 24.0. The van der Waals surface area contributed by atoms with Gasteiger partial charge in [-0.15, -0.1) is 0 Å². The van der Waals surface area contributed by atoms with Gasteiger partial charge in [-0.3, -0.25) is 20.2 Å². The van der Waals surface area contributed by atoms with Crippen molar-refractivity contribution in [3.05, 3.63) is 39.9 Å². The molecule has 0 atom stereocenters. The van der Waals surface area contributed by atoms with Crippen LogP contribution in [0.3, 0.4) is 0 Å². The van der Waals surface area contributed by atoms with Crippen molar-refractivity contribution >= 4 is 28.9 Å². The third-order valence-corrected chi connectivity index (χ3v) is 3.56. The molecule has 6 nitrogen and oxygen atoms in total. The van der Waals surface area contributed by atoms with Gasteiger partial charge in [0, 0.05) is 30.8 Å². The van der Waals surface area contributed by atoms with Crippen LogP contribution in [0.25, 0.3) is 0 Å². The van der Waals surface area contributed by atoms with Gasteiger partial charge in [-0.05, 0) is 43.6 Å². The Kier molecular flexibility index (Phi) is 4.62. The molecule has 2 rings (SSSR count). The van der Waals surface area contributed by atoms with Crippen LogP contribution in [0.1, 0.15) is 29.6 Å². The highest BCUT2D eigenvalue weighted by Crippen LogP contribution is 2.12. The van der Waals surface area contributed by atoms with E-state index < -0.39 is 4.92 Å². The number of amides is 1. The first-order valence-corrected chi connectivity index (χ1v) is 6.83. The van der Waals surface area contributed by atoms with E-state index in [2.05, 4.69) is 5.32 Å². The summed E-state index contributed by atoms with van der Waals surface area (Å²) in [7, 11) is 0. The smallest absolute Gasteiger partial charge is 0.269 e. The first-order valence-electron chi connectivity index (χ1n) is 6.42. The Morgan fingerprint density at radius 2 is 1.80 bits per heavy atom. The lowest BCUT2D eigenvalue weighted by atomic mass is 10.1. The number of nitro groups is 1. The molecule has 20 heavy (non-hydrogen) atoms. The number of rotatable bonds is 2. The molecule has 0 radical (unpaired) electrons. The summed E-state index contributed by atoms with van der Waals surface area (Å²) in [5.74, 6) is -0.338. The van der Waals surface area contributed by atoms with Gasteiger partial charge in [0.1, 0.15) is 0 Å². The van der Waals surface area contributed by atoms with E-state index in [1.807, 2.05) is 4.90 Å². The predicted octanol–water partition coefficient (Wildman–Crippen LogP) is 2.10. The predicted molar refractivity (Wildman–Crippen MR) is 78.6 cm³/mol. The van der Waals surface area contributed by atoms with E-state index in [4.69, 9.17) is 12.2 Å². The number of nitrogens with one attached hydrogen (secondary N) is 1. The van der Waals surface area contributed by atoms with Gasteiger partial charge in [0.25, 0.3) is 11.6 Å². The molecule has 1 amide bonds. The number of nitrogens with zero attached hydrogens (tertiary/aromatic N) is 2. The maximum Gasteiger partial charge on any atom is 0.269 e. The average Bonchev–Trinajstić information content (AvgIpc) is 2.48. The van der Waals surface area contributed by atoms with E-state index in [1.54, 1.807) is 0 Å². The molecule has 1 aromatic carbocycles. The molecule has 1 saturated heterocycles. The Morgan fingerprint density at radius 3 is 2.35 bits per heavy atom. The van der Waals surface area contributed by atoms with Crippen molar-refractivity contribution in [2.24, 2.45) is 0 Å². The summed E-state index contributed by atoms with van der Waals surface area (Å²) in [6.07, 6.45) is 3.34. The average molecular weight is 293 g/mol. The second-order valence-corrected chi connectivity index (χ2v) is 5.00. The minimum atomic E-state index is -0.500. The normalized spacial score (nSPS) is 14.7. The third kappa shape index (κ3) is 3.51. The zero-order valence-corrected chi connectivity index (χ0v) is 11.7. The van der Waals surface area contributed by atoms with Gasteiger partial charge in [-0.1, -0.05) is 0 Å². The van der Waals surface area contributed by atoms with Crippen LogP contribution in [0.15, 0.2) is 24.3 Å². The van der Waals surface area contributed by atoms with E-state index >= 15 is 0 Å². The van der Waals surface area contributed by atoms with Crippen molar-refractivity contribution in [3.8, 4) is 0 Å². The maximum absolute atomic E-state index is 12.0. The number of piperidine rings is 1. The Balaban J connectivity index is 1.96. The number of nitro benzene ring substituents is 1. The number of non-ortho nitro benzene ring substituents is 1. The topological polar surface area (TPSA) is 75.5 Å². The van der Waals surface area contributed by atoms with Crippen LogP contribution >= 0.6 is 12.2 Å². The largest absolute Gasteiger partial charge is 0.349 e. The summed E-state index contributed by atoms with van der Waals surface area (Å²) >= 11 is 5.20. The SMILES string of the molecule is O=C(NC(=S)N1CCCCC1)c1ccc([N+](=O)[O-])cc1. The molecule has 0 bridgehead atoms. The molecule has 0 spiro atoms. The monoisotopic (exact) mass is 293 g/mol. The number of likely N-dealkylation sites (tertiary alicyclic amines) is 1. The summed E-state index contributed by atoms with van der Waals surface area (Å²) in [5, 5.41) is 13.6. The quantitative estimate of drug-likeness (QED) is 0.513. The van der Waals surface area contributed by atoms with Gasteiger partial charge in [-0.25, -0.2) is 0 Å². The summed E-state index contributed by atoms with van der Waals surface area (Å²) in [6, 6.07) is 5.45. The zero-order chi connectivity index (χ0) is 14.5. The van der Waals surface area contributed by atoms with Gasteiger partial charge in [0.15, 0.2) is 5.11 Å². The van der Waals surface area contributed by atoms with E-state index in [1.165, 1.54) is 30.7 Å². The molecule has 1 N–H and O–H groups in total. The van der Waals surface area contributed by atoms with Crippen LogP contribution in [0.2, 0.25) is 0 Å². The van der Waals surface area contributed by atoms with Gasteiger partial charge >= 0.3 is 0 Å². The van der Waals surface area contributed by atoms with Crippen LogP contribution in [-0.2, 0) is 0 Å². The van der Waals surface area contributed by atoms with E-state index in [-0.39, 0.29) is 11.6 Å². The van der Waals surface area contributed by atoms with Crippen molar-refractivity contribution in [1.29, 1.82) is 0 Å². The molecule has 1 heterocycles. The molecular formula is C13H15N3O3S. The zero-order valence-electron chi connectivity index (χ0n) is 10.9. The molecular weight excluding hydrogens is 278 g/mol. The van der Waals surface area contributed by atoms with Crippen LogP contribution in [0, 0.1) is 10.1 Å². The minimum Gasteiger partial charge on any atom is -0.349 e. The Bertz CT molecular complexity index is 524. The van der Waals surface area contributed by atoms with Crippen molar-refractivity contribution in [3.63, 3.8) is 0 Å². The summed E-state index contributed by atoms with van der Waals surface area (Å²) in [5.41, 5.74) is 0.315. The lowest BCUT2D eigenvalue weighted by molar-refractivity contribution is -0.384. The number of hydrogen-bond acceptors (Lipinski definition) is 4. The van der Waals surface area contributed by atoms with Crippen molar-refractivity contribution in [2.75, 3.05) is 13.1 Å². The molecule has 1 fully saturated rings. The molecule has 0 saturated carbocycles. The van der Waals surface area contributed by atoms with Crippen LogP contribution in [-0.4, -0.2) is 33.9 Å². The van der Waals surface area contributed by atoms with Crippen LogP contribution < -0.4 is 5.32 Å². The number of carbonyl (C=O) groups is 1. The van der Waals surface area contributed by atoms with Gasteiger partial charge in [0.05, 0.1) is 4.92 Å². The molecule has 1 aliphatic heterocycles. The summed E-state index contributed by atoms with van der Waals surface area (Å²) < 4.78 is 0. The lowest BCUT2D eigenvalue weighted by Crippen LogP contribution is -2.44. The number of hydrogen-bond donors (Lipinski definition) is 1. The fourth-order valence-corrected chi connectivity index (χ4v) is 2.36. The van der Waals surface area contributed by atoms with Crippen LogP contribution in [0.4, 0.5) is 5.69 Å². The number of benzene rings is 1. The first kappa shape index (κ1) is 14.4. The Labute approximate surface area is 121 Å². The number of carbonyl (C=O) groups excluding carboxylic acids is 1. The highest BCUT2D eigenvalue weighted by atomic mass is 32.1. The fourth-order valence-electron chi connectivity index (χ4n) is 2.08. The Morgan fingerprint density at radius 1 is 1.20 bits per heavy atom. The molecule has 0 aliphatic carbocycles. The van der Waals surface area contributed by atoms with Crippen molar-refractivity contribution in [1.82, 2.24) is 10.2 Å². The second-order valence-electron chi connectivity index (χ2n) is 4.61. The standard InChI is InChI=1S/C13H15N3O3S/c17-12(10-4-6-11(7-5-10)16(18)19)14-13(20)15-8-2-1-3-9-15/h4-7H,1-3,8-9H2,(H,14,17,20). The van der Waals surface area contributed by atoms with E-state index in [9.17, 15) is 14.9 Å². The highest BCUT2D eigenvalue weighted by Gasteiger charge is 2.16. The highest BCUT2D eigenvalue weighted by molar-refractivity contribution is 7.80. The molecule has 106 valence electrons. The van der Waals surface area contributed by atoms with Gasteiger partial charge in [-0.2, -0.15) is 0 Å².